The van der Waals surface area contributed by atoms with Gasteiger partial charge in [0, 0.05) is 25.6 Å². The highest BCUT2D eigenvalue weighted by Gasteiger charge is 2.21. The molecule has 0 aromatic carbocycles. The van der Waals surface area contributed by atoms with Crippen LogP contribution in [-0.4, -0.2) is 36.8 Å². The van der Waals surface area contributed by atoms with Crippen LogP contribution in [0.3, 0.4) is 0 Å². The van der Waals surface area contributed by atoms with E-state index in [4.69, 9.17) is 5.11 Å². The lowest BCUT2D eigenvalue weighted by Gasteiger charge is -2.34. The summed E-state index contributed by atoms with van der Waals surface area (Å²) in [5, 5.41) is 8.48. The lowest BCUT2D eigenvalue weighted by atomic mass is 10.0. The van der Waals surface area contributed by atoms with Crippen molar-refractivity contribution in [2.75, 3.05) is 26.7 Å². The molecule has 0 radical (unpaired) electrons. The van der Waals surface area contributed by atoms with Gasteiger partial charge in [-0.15, -0.1) is 0 Å². The molecule has 1 heterocycles. The van der Waals surface area contributed by atoms with Gasteiger partial charge in [-0.05, 0) is 7.05 Å². The van der Waals surface area contributed by atoms with E-state index in [1.807, 2.05) is 0 Å². The van der Waals surface area contributed by atoms with Crippen LogP contribution in [0.15, 0.2) is 0 Å². The first-order chi connectivity index (χ1) is 3.33. The fraction of sp³-hybridized carbons (Fsp3) is 1.00. The predicted molar refractivity (Wildman–Crippen MR) is 28.1 cm³/mol. The van der Waals surface area contributed by atoms with Gasteiger partial charge in [-0.2, -0.15) is 0 Å². The van der Waals surface area contributed by atoms with Crippen molar-refractivity contribution < 1.29 is 5.11 Å². The summed E-state index contributed by atoms with van der Waals surface area (Å²) in [6.07, 6.45) is 0. The second-order valence-electron chi connectivity index (χ2n) is 2.27. The molecule has 0 spiro atoms. The van der Waals surface area contributed by atoms with E-state index in [0.29, 0.717) is 12.5 Å². The number of aliphatic hydroxyl groups excluding tert-OH is 1. The van der Waals surface area contributed by atoms with Crippen LogP contribution in [0.25, 0.3) is 0 Å². The monoisotopic (exact) mass is 101 g/mol. The molecule has 2 nitrogen and oxygen atoms in total. The highest BCUT2D eigenvalue weighted by molar-refractivity contribution is 4.74. The molecule has 0 aliphatic carbocycles. The standard InChI is InChI=1S/C5H11NO/c1-6-2-5(3-6)4-7/h5,7H,2-4H2,1H3. The predicted octanol–water partition coefficient (Wildman–Crippen LogP) is -0.460. The SMILES string of the molecule is CN1CC(CO)C1. The van der Waals surface area contributed by atoms with Gasteiger partial charge < -0.3 is 10.0 Å². The first-order valence-electron chi connectivity index (χ1n) is 2.62. The molecule has 1 N–H and O–H groups in total. The van der Waals surface area contributed by atoms with Crippen molar-refractivity contribution >= 4 is 0 Å². The van der Waals surface area contributed by atoms with Gasteiger partial charge in [0.1, 0.15) is 0 Å². The van der Waals surface area contributed by atoms with Crippen molar-refractivity contribution in [1.82, 2.24) is 4.90 Å². The van der Waals surface area contributed by atoms with E-state index in [0.717, 1.165) is 13.1 Å². The second-order valence-corrected chi connectivity index (χ2v) is 2.27. The van der Waals surface area contributed by atoms with Gasteiger partial charge in [-0.25, -0.2) is 0 Å². The van der Waals surface area contributed by atoms with Crippen molar-refractivity contribution in [2.45, 2.75) is 0 Å². The van der Waals surface area contributed by atoms with E-state index in [1.165, 1.54) is 0 Å². The summed E-state index contributed by atoms with van der Waals surface area (Å²) in [4.78, 5) is 2.20. The van der Waals surface area contributed by atoms with E-state index >= 15 is 0 Å². The third kappa shape index (κ3) is 0.924. The van der Waals surface area contributed by atoms with Crippen molar-refractivity contribution in [3.8, 4) is 0 Å². The van der Waals surface area contributed by atoms with Crippen molar-refractivity contribution in [3.05, 3.63) is 0 Å². The Morgan fingerprint density at radius 3 is 2.43 bits per heavy atom. The van der Waals surface area contributed by atoms with Crippen LogP contribution in [0.4, 0.5) is 0 Å². The first-order valence-corrected chi connectivity index (χ1v) is 2.62. The molecule has 1 saturated heterocycles. The van der Waals surface area contributed by atoms with E-state index in [-0.39, 0.29) is 0 Å². The second kappa shape index (κ2) is 1.80. The summed E-state index contributed by atoms with van der Waals surface area (Å²) in [5.74, 6) is 0.574. The van der Waals surface area contributed by atoms with E-state index in [9.17, 15) is 0 Å². The molecule has 1 fully saturated rings. The van der Waals surface area contributed by atoms with Gasteiger partial charge >= 0.3 is 0 Å². The van der Waals surface area contributed by atoms with Crippen LogP contribution < -0.4 is 0 Å². The molecule has 1 aliphatic rings. The van der Waals surface area contributed by atoms with Crippen molar-refractivity contribution in [2.24, 2.45) is 5.92 Å². The smallest absolute Gasteiger partial charge is 0.0483 e. The first kappa shape index (κ1) is 5.06. The van der Waals surface area contributed by atoms with Crippen molar-refractivity contribution in [1.29, 1.82) is 0 Å². The quantitative estimate of drug-likeness (QED) is 0.483. The van der Waals surface area contributed by atoms with Crippen LogP contribution in [0.2, 0.25) is 0 Å². The summed E-state index contributed by atoms with van der Waals surface area (Å²) in [7, 11) is 2.06. The number of hydrogen-bond acceptors (Lipinski definition) is 2. The van der Waals surface area contributed by atoms with Gasteiger partial charge in [0.2, 0.25) is 0 Å². The normalized spacial score (nSPS) is 24.9. The summed E-state index contributed by atoms with van der Waals surface area (Å²) in [5.41, 5.74) is 0. The number of hydrogen-bond donors (Lipinski definition) is 1. The largest absolute Gasteiger partial charge is 0.396 e. The van der Waals surface area contributed by atoms with Gasteiger partial charge in [0.05, 0.1) is 0 Å². The minimum atomic E-state index is 0.365. The van der Waals surface area contributed by atoms with Gasteiger partial charge in [-0.1, -0.05) is 0 Å². The van der Waals surface area contributed by atoms with Crippen LogP contribution in [-0.2, 0) is 0 Å². The molecular weight excluding hydrogens is 90.1 g/mol. The maximum atomic E-state index is 8.48. The third-order valence-corrected chi connectivity index (χ3v) is 1.40. The average Bonchev–Trinajstić information content (AvgIpc) is 1.58. The Morgan fingerprint density at radius 1 is 1.71 bits per heavy atom. The Bertz CT molecular complexity index is 59.1. The molecule has 0 saturated carbocycles. The Morgan fingerprint density at radius 2 is 2.29 bits per heavy atom. The average molecular weight is 101 g/mol. The lowest BCUT2D eigenvalue weighted by Crippen LogP contribution is -2.45. The minimum Gasteiger partial charge on any atom is -0.396 e. The molecule has 0 aromatic heterocycles. The molecule has 0 bridgehead atoms. The molecule has 2 heteroatoms. The Labute approximate surface area is 43.7 Å². The zero-order valence-electron chi connectivity index (χ0n) is 4.59. The minimum absolute atomic E-state index is 0.365. The Hall–Kier alpha value is -0.0800. The van der Waals surface area contributed by atoms with E-state index in [2.05, 4.69) is 11.9 Å². The maximum absolute atomic E-state index is 8.48. The zero-order chi connectivity index (χ0) is 5.28. The molecule has 1 aliphatic heterocycles. The zero-order valence-corrected chi connectivity index (χ0v) is 4.59. The van der Waals surface area contributed by atoms with Gasteiger partial charge in [-0.3, -0.25) is 0 Å². The maximum Gasteiger partial charge on any atom is 0.0483 e. The fourth-order valence-electron chi connectivity index (χ4n) is 0.944. The topological polar surface area (TPSA) is 23.5 Å². The molecule has 0 atom stereocenters. The number of likely N-dealkylation sites (tertiary alicyclic amines) is 1. The van der Waals surface area contributed by atoms with Crippen LogP contribution >= 0.6 is 0 Å². The molecule has 0 aromatic rings. The van der Waals surface area contributed by atoms with E-state index < -0.39 is 0 Å². The Balaban J connectivity index is 2.06. The van der Waals surface area contributed by atoms with Gasteiger partial charge in [0.15, 0.2) is 0 Å². The number of nitrogens with zero attached hydrogens (tertiary/aromatic N) is 1. The lowest BCUT2D eigenvalue weighted by molar-refractivity contribution is 0.0760. The Kier molecular flexibility index (Phi) is 1.30. The van der Waals surface area contributed by atoms with Crippen LogP contribution in [0, 0.1) is 5.92 Å². The molecule has 0 amide bonds. The van der Waals surface area contributed by atoms with Crippen LogP contribution in [0.5, 0.6) is 0 Å². The highest BCUT2D eigenvalue weighted by Crippen LogP contribution is 2.09. The summed E-state index contributed by atoms with van der Waals surface area (Å²) in [6, 6.07) is 0. The number of aliphatic hydroxyl groups is 1. The summed E-state index contributed by atoms with van der Waals surface area (Å²) < 4.78 is 0. The molecular formula is C5H11NO. The summed E-state index contributed by atoms with van der Waals surface area (Å²) in [6.45, 7) is 2.53. The van der Waals surface area contributed by atoms with Gasteiger partial charge in [0.25, 0.3) is 0 Å². The fourth-order valence-corrected chi connectivity index (χ4v) is 0.944. The molecule has 0 unspecified atom stereocenters. The van der Waals surface area contributed by atoms with Crippen molar-refractivity contribution in [3.63, 3.8) is 0 Å². The molecule has 1 rings (SSSR count). The molecule has 7 heavy (non-hydrogen) atoms. The third-order valence-electron chi connectivity index (χ3n) is 1.40. The van der Waals surface area contributed by atoms with E-state index in [1.54, 1.807) is 0 Å². The molecule has 42 valence electrons. The van der Waals surface area contributed by atoms with Crippen LogP contribution in [0.1, 0.15) is 0 Å². The number of rotatable bonds is 1. The summed E-state index contributed by atoms with van der Waals surface area (Å²) >= 11 is 0. The highest BCUT2D eigenvalue weighted by atomic mass is 16.3.